The van der Waals surface area contributed by atoms with Gasteiger partial charge in [0.15, 0.2) is 0 Å². The Morgan fingerprint density at radius 3 is 2.62 bits per heavy atom. The van der Waals surface area contributed by atoms with Crippen molar-refractivity contribution in [3.63, 3.8) is 0 Å². The van der Waals surface area contributed by atoms with E-state index in [1.807, 2.05) is 47.4 Å². The van der Waals surface area contributed by atoms with Gasteiger partial charge in [-0.15, -0.1) is 0 Å². The van der Waals surface area contributed by atoms with Gasteiger partial charge in [-0.2, -0.15) is 5.10 Å². The molecule has 0 saturated carbocycles. The van der Waals surface area contributed by atoms with Crippen LogP contribution in [-0.2, 0) is 4.79 Å². The molecule has 4 rings (SSSR count). The van der Waals surface area contributed by atoms with Crippen LogP contribution in [0.2, 0.25) is 0 Å². The summed E-state index contributed by atoms with van der Waals surface area (Å²) in [5, 5.41) is 11.4. The lowest BCUT2D eigenvalue weighted by atomic mass is 9.94. The molecular formula is C20H20N4O2. The van der Waals surface area contributed by atoms with E-state index in [1.54, 1.807) is 12.4 Å². The Kier molecular flexibility index (Phi) is 4.39. The van der Waals surface area contributed by atoms with E-state index in [0.717, 1.165) is 16.3 Å². The maximum atomic E-state index is 13.0. The van der Waals surface area contributed by atoms with Gasteiger partial charge in [0.25, 0.3) is 5.91 Å². The Balaban J connectivity index is 1.42. The Morgan fingerprint density at radius 2 is 1.85 bits per heavy atom. The normalized spacial score (nSPS) is 15.2. The molecule has 1 aliphatic heterocycles. The molecule has 1 aliphatic rings. The highest BCUT2D eigenvalue weighted by atomic mass is 16.2. The highest BCUT2D eigenvalue weighted by molar-refractivity contribution is 6.07. The van der Waals surface area contributed by atoms with Gasteiger partial charge in [0.1, 0.15) is 0 Å². The van der Waals surface area contributed by atoms with Gasteiger partial charge in [-0.3, -0.25) is 14.7 Å². The van der Waals surface area contributed by atoms with E-state index >= 15 is 0 Å². The van der Waals surface area contributed by atoms with Crippen LogP contribution in [0.1, 0.15) is 23.2 Å². The van der Waals surface area contributed by atoms with Crippen LogP contribution >= 0.6 is 0 Å². The van der Waals surface area contributed by atoms with Crippen LogP contribution in [0, 0.1) is 5.92 Å². The third kappa shape index (κ3) is 3.18. The molecule has 0 radical (unpaired) electrons. The molecule has 0 unspecified atom stereocenters. The second kappa shape index (κ2) is 7.00. The lowest BCUT2D eigenvalue weighted by Gasteiger charge is -2.31. The zero-order valence-electron chi connectivity index (χ0n) is 14.3. The first-order valence-electron chi connectivity index (χ1n) is 8.79. The number of hydrogen-bond acceptors (Lipinski definition) is 3. The van der Waals surface area contributed by atoms with Crippen molar-refractivity contribution in [2.75, 3.05) is 18.4 Å². The number of H-pyrrole nitrogens is 1. The molecule has 26 heavy (non-hydrogen) atoms. The van der Waals surface area contributed by atoms with E-state index in [1.165, 1.54) is 0 Å². The van der Waals surface area contributed by atoms with Crippen LogP contribution in [0.25, 0.3) is 10.8 Å². The molecule has 0 aliphatic carbocycles. The molecule has 0 bridgehead atoms. The van der Waals surface area contributed by atoms with Crippen LogP contribution < -0.4 is 5.32 Å². The van der Waals surface area contributed by atoms with Gasteiger partial charge >= 0.3 is 0 Å². The molecule has 2 aromatic carbocycles. The minimum Gasteiger partial charge on any atom is -0.339 e. The number of carbonyl (C=O) groups excluding carboxylic acids is 2. The lowest BCUT2D eigenvalue weighted by Crippen LogP contribution is -2.41. The summed E-state index contributed by atoms with van der Waals surface area (Å²) in [7, 11) is 0. The van der Waals surface area contributed by atoms with Gasteiger partial charge in [-0.1, -0.05) is 36.4 Å². The largest absolute Gasteiger partial charge is 0.339 e. The lowest BCUT2D eigenvalue weighted by molar-refractivity contribution is -0.121. The van der Waals surface area contributed by atoms with Gasteiger partial charge in [-0.05, 0) is 29.7 Å². The fourth-order valence-electron chi connectivity index (χ4n) is 3.49. The number of nitrogens with zero attached hydrogens (tertiary/aromatic N) is 2. The molecule has 0 atom stereocenters. The Hall–Kier alpha value is -3.15. The average molecular weight is 348 g/mol. The smallest absolute Gasteiger partial charge is 0.254 e. The maximum Gasteiger partial charge on any atom is 0.254 e. The molecule has 1 aromatic heterocycles. The van der Waals surface area contributed by atoms with Gasteiger partial charge in [0.05, 0.1) is 11.9 Å². The monoisotopic (exact) mass is 348 g/mol. The number of amides is 2. The first kappa shape index (κ1) is 16.3. The summed E-state index contributed by atoms with van der Waals surface area (Å²) in [6, 6.07) is 13.7. The molecule has 2 N–H and O–H groups in total. The van der Waals surface area contributed by atoms with Gasteiger partial charge in [-0.25, -0.2) is 0 Å². The minimum atomic E-state index is -0.0820. The number of anilines is 1. The maximum absolute atomic E-state index is 13.0. The van der Waals surface area contributed by atoms with E-state index in [-0.39, 0.29) is 17.7 Å². The molecule has 6 heteroatoms. The summed E-state index contributed by atoms with van der Waals surface area (Å²) < 4.78 is 0. The van der Waals surface area contributed by atoms with Crippen molar-refractivity contribution in [3.8, 4) is 0 Å². The first-order valence-corrected chi connectivity index (χ1v) is 8.79. The Labute approximate surface area is 151 Å². The third-order valence-corrected chi connectivity index (χ3v) is 4.94. The summed E-state index contributed by atoms with van der Waals surface area (Å²) in [4.78, 5) is 27.1. The van der Waals surface area contributed by atoms with Crippen molar-refractivity contribution >= 4 is 28.3 Å². The number of hydrogen-bond donors (Lipinski definition) is 2. The fraction of sp³-hybridized carbons (Fsp3) is 0.250. The van der Waals surface area contributed by atoms with Gasteiger partial charge in [0, 0.05) is 30.8 Å². The highest BCUT2D eigenvalue weighted by Crippen LogP contribution is 2.24. The zero-order chi connectivity index (χ0) is 17.9. The van der Waals surface area contributed by atoms with E-state index in [2.05, 4.69) is 15.5 Å². The molecule has 2 heterocycles. The van der Waals surface area contributed by atoms with Crippen molar-refractivity contribution in [1.82, 2.24) is 15.1 Å². The van der Waals surface area contributed by atoms with Crippen LogP contribution in [0.3, 0.4) is 0 Å². The molecule has 0 spiro atoms. The highest BCUT2D eigenvalue weighted by Gasteiger charge is 2.28. The predicted octanol–water partition coefficient (Wildman–Crippen LogP) is 3.05. The summed E-state index contributed by atoms with van der Waals surface area (Å²) >= 11 is 0. The number of aromatic amines is 1. The fourth-order valence-corrected chi connectivity index (χ4v) is 3.49. The number of fused-ring (bicyclic) bond motifs is 1. The number of carbonyl (C=O) groups is 2. The minimum absolute atomic E-state index is 0.0105. The van der Waals surface area contributed by atoms with Gasteiger partial charge in [0.2, 0.25) is 5.91 Å². The van der Waals surface area contributed by atoms with Crippen molar-refractivity contribution in [2.45, 2.75) is 12.8 Å². The summed E-state index contributed by atoms with van der Waals surface area (Å²) in [6.45, 7) is 1.18. The molecule has 1 fully saturated rings. The quantitative estimate of drug-likeness (QED) is 0.764. The van der Waals surface area contributed by atoms with Gasteiger partial charge < -0.3 is 10.2 Å². The SMILES string of the molecule is O=C(Nc1cn[nH]c1)C1CCN(C(=O)c2cccc3ccccc23)CC1. The van der Waals surface area contributed by atoms with Crippen molar-refractivity contribution < 1.29 is 9.59 Å². The summed E-state index contributed by atoms with van der Waals surface area (Å²) in [5.41, 5.74) is 1.40. The summed E-state index contributed by atoms with van der Waals surface area (Å²) in [5.74, 6) is -0.0550. The zero-order valence-corrected chi connectivity index (χ0v) is 14.3. The van der Waals surface area contributed by atoms with Crippen LogP contribution in [0.15, 0.2) is 54.9 Å². The number of nitrogens with one attached hydrogen (secondary N) is 2. The standard InChI is InChI=1S/C20H20N4O2/c25-19(23-16-12-21-22-13-16)15-8-10-24(11-9-15)20(26)18-7-3-5-14-4-1-2-6-17(14)18/h1-7,12-13,15H,8-11H2,(H,21,22)(H,23,25). The van der Waals surface area contributed by atoms with Crippen molar-refractivity contribution in [2.24, 2.45) is 5.92 Å². The molecule has 1 saturated heterocycles. The van der Waals surface area contributed by atoms with Crippen LogP contribution in [0.5, 0.6) is 0 Å². The van der Waals surface area contributed by atoms with E-state index in [4.69, 9.17) is 0 Å². The first-order chi connectivity index (χ1) is 12.7. The molecular weight excluding hydrogens is 328 g/mol. The van der Waals surface area contributed by atoms with Crippen molar-refractivity contribution in [3.05, 3.63) is 60.4 Å². The third-order valence-electron chi connectivity index (χ3n) is 4.94. The second-order valence-electron chi connectivity index (χ2n) is 6.57. The molecule has 3 aromatic rings. The number of aromatic nitrogens is 2. The van der Waals surface area contributed by atoms with E-state index < -0.39 is 0 Å². The number of piperidine rings is 1. The van der Waals surface area contributed by atoms with Crippen LogP contribution in [-0.4, -0.2) is 40.0 Å². The van der Waals surface area contributed by atoms with E-state index in [0.29, 0.717) is 31.6 Å². The van der Waals surface area contributed by atoms with Crippen LogP contribution in [0.4, 0.5) is 5.69 Å². The predicted molar refractivity (Wildman–Crippen MR) is 99.8 cm³/mol. The molecule has 132 valence electrons. The molecule has 6 nitrogen and oxygen atoms in total. The van der Waals surface area contributed by atoms with E-state index in [9.17, 15) is 9.59 Å². The summed E-state index contributed by atoms with van der Waals surface area (Å²) in [6.07, 6.45) is 4.56. The molecule has 2 amide bonds. The Bertz CT molecular complexity index is 923. The topological polar surface area (TPSA) is 78.1 Å². The number of benzene rings is 2. The number of rotatable bonds is 3. The number of likely N-dealkylation sites (tertiary alicyclic amines) is 1. The van der Waals surface area contributed by atoms with Crippen molar-refractivity contribution in [1.29, 1.82) is 0 Å². The second-order valence-corrected chi connectivity index (χ2v) is 6.57. The Morgan fingerprint density at radius 1 is 1.08 bits per heavy atom. The average Bonchev–Trinajstić information content (AvgIpc) is 3.20.